The van der Waals surface area contributed by atoms with E-state index in [0.717, 1.165) is 0 Å². The van der Waals surface area contributed by atoms with E-state index in [1.807, 2.05) is 0 Å². The lowest BCUT2D eigenvalue weighted by molar-refractivity contribution is 1.18. The van der Waals surface area contributed by atoms with Crippen LogP contribution in [0.15, 0.2) is 140 Å². The smallest absolute Gasteiger partial charge is 0.0541 e. The Hall–Kier alpha value is -5.14. The third-order valence-electron chi connectivity index (χ3n) is 8.41. The Bertz CT molecular complexity index is 2150. The van der Waals surface area contributed by atoms with E-state index in [4.69, 9.17) is 0 Å². The van der Waals surface area contributed by atoms with Crippen molar-refractivity contribution in [2.75, 3.05) is 0 Å². The van der Waals surface area contributed by atoms with Crippen molar-refractivity contribution >= 4 is 43.4 Å². The molecule has 0 atom stereocenters. The fourth-order valence-corrected chi connectivity index (χ4v) is 6.87. The normalized spacial score (nSPS) is 11.7. The number of hydrogen-bond donors (Lipinski definition) is 0. The molecule has 0 saturated carbocycles. The number of aromatic nitrogens is 1. The molecule has 0 aliphatic rings. The van der Waals surface area contributed by atoms with Crippen molar-refractivity contribution in [1.82, 2.24) is 4.57 Å². The van der Waals surface area contributed by atoms with E-state index in [1.54, 1.807) is 0 Å². The van der Waals surface area contributed by atoms with Crippen molar-refractivity contribution in [3.63, 3.8) is 0 Å². The van der Waals surface area contributed by atoms with Crippen LogP contribution in [0.5, 0.6) is 0 Å². The van der Waals surface area contributed by atoms with Gasteiger partial charge >= 0.3 is 0 Å². The summed E-state index contributed by atoms with van der Waals surface area (Å²) in [4.78, 5) is 0. The fourth-order valence-electron chi connectivity index (χ4n) is 6.87. The summed E-state index contributed by atoms with van der Waals surface area (Å²) in [5.74, 6) is 0. The van der Waals surface area contributed by atoms with Gasteiger partial charge in [-0.05, 0) is 81.9 Å². The minimum Gasteiger partial charge on any atom is -0.309 e. The van der Waals surface area contributed by atoms with Crippen LogP contribution in [0, 0.1) is 13.8 Å². The van der Waals surface area contributed by atoms with Crippen molar-refractivity contribution in [2.45, 2.75) is 13.8 Å². The van der Waals surface area contributed by atoms with Crippen LogP contribution in [0.2, 0.25) is 0 Å². The monoisotopic (exact) mass is 523 g/mol. The van der Waals surface area contributed by atoms with Crippen molar-refractivity contribution in [2.24, 2.45) is 0 Å². The zero-order chi connectivity index (χ0) is 27.5. The molecule has 0 amide bonds. The van der Waals surface area contributed by atoms with Gasteiger partial charge in [-0.15, -0.1) is 0 Å². The summed E-state index contributed by atoms with van der Waals surface area (Å²) in [6, 6.07) is 51.2. The highest BCUT2D eigenvalue weighted by Gasteiger charge is 2.18. The predicted octanol–water partition coefficient (Wildman–Crippen LogP) is 11.0. The first-order valence-corrected chi connectivity index (χ1v) is 14.3. The minimum atomic E-state index is 1.17. The van der Waals surface area contributed by atoms with E-state index < -0.39 is 0 Å². The first kappa shape index (κ1) is 23.7. The Morgan fingerprint density at radius 1 is 0.366 bits per heavy atom. The van der Waals surface area contributed by atoms with Crippen LogP contribution in [-0.4, -0.2) is 4.57 Å². The van der Waals surface area contributed by atoms with Crippen molar-refractivity contribution in [3.8, 4) is 27.9 Å². The Morgan fingerprint density at radius 2 is 0.805 bits per heavy atom. The van der Waals surface area contributed by atoms with E-state index in [2.05, 4.69) is 158 Å². The van der Waals surface area contributed by atoms with E-state index in [0.29, 0.717) is 0 Å². The van der Waals surface area contributed by atoms with Gasteiger partial charge in [-0.25, -0.2) is 0 Å². The molecule has 1 heteroatoms. The van der Waals surface area contributed by atoms with Crippen LogP contribution in [0.3, 0.4) is 0 Å². The molecule has 8 rings (SSSR count). The van der Waals surface area contributed by atoms with Gasteiger partial charge in [0.25, 0.3) is 0 Å². The van der Waals surface area contributed by atoms with Crippen molar-refractivity contribution in [1.29, 1.82) is 0 Å². The number of aryl methyl sites for hydroxylation is 2. The highest BCUT2D eigenvalue weighted by atomic mass is 15.0. The van der Waals surface area contributed by atoms with Gasteiger partial charge in [0.05, 0.1) is 11.0 Å². The summed E-state index contributed by atoms with van der Waals surface area (Å²) >= 11 is 0. The lowest BCUT2D eigenvalue weighted by atomic mass is 9.85. The van der Waals surface area contributed by atoms with Crippen LogP contribution < -0.4 is 0 Å². The quantitative estimate of drug-likeness (QED) is 0.203. The lowest BCUT2D eigenvalue weighted by Gasteiger charge is -2.19. The number of rotatable bonds is 3. The SMILES string of the molecule is Cc1cc(C)cc(-c2c3ccccc3c(-c3cccc(-n4c5ccccc5c5ccccc54)c3)c3ccccc23)c1. The number of fused-ring (bicyclic) bond motifs is 5. The van der Waals surface area contributed by atoms with Gasteiger partial charge in [0.1, 0.15) is 0 Å². The molecule has 0 aliphatic carbocycles. The molecular weight excluding hydrogens is 494 g/mol. The number of benzene rings is 7. The molecular formula is C40H29N. The third-order valence-corrected chi connectivity index (χ3v) is 8.41. The standard InChI is InChI=1S/C40H29N/c1-26-22-27(2)24-29(23-26)40-35-18-5-3-16-33(35)39(34-17-4-6-19-36(34)40)28-12-11-13-30(25-28)41-37-20-9-7-14-31(37)32-15-8-10-21-38(32)41/h3-25H,1-2H3. The summed E-state index contributed by atoms with van der Waals surface area (Å²) < 4.78 is 2.41. The second-order valence-corrected chi connectivity index (χ2v) is 11.1. The largest absolute Gasteiger partial charge is 0.309 e. The molecule has 194 valence electrons. The minimum absolute atomic E-state index is 1.17. The summed E-state index contributed by atoms with van der Waals surface area (Å²) in [6.07, 6.45) is 0. The van der Waals surface area contributed by atoms with E-state index in [9.17, 15) is 0 Å². The molecule has 1 aromatic heterocycles. The van der Waals surface area contributed by atoms with E-state index >= 15 is 0 Å². The van der Waals surface area contributed by atoms with Gasteiger partial charge in [0, 0.05) is 16.5 Å². The maximum absolute atomic E-state index is 2.41. The van der Waals surface area contributed by atoms with Gasteiger partial charge in [0.2, 0.25) is 0 Å². The van der Waals surface area contributed by atoms with Gasteiger partial charge < -0.3 is 4.57 Å². The van der Waals surface area contributed by atoms with E-state index in [-0.39, 0.29) is 0 Å². The molecule has 7 aromatic carbocycles. The average Bonchev–Trinajstić information content (AvgIpc) is 3.34. The van der Waals surface area contributed by atoms with Crippen LogP contribution in [0.1, 0.15) is 11.1 Å². The number of nitrogens with zero attached hydrogens (tertiary/aromatic N) is 1. The molecule has 1 heterocycles. The summed E-state index contributed by atoms with van der Waals surface area (Å²) in [6.45, 7) is 4.38. The lowest BCUT2D eigenvalue weighted by Crippen LogP contribution is -1.95. The molecule has 8 aromatic rings. The summed E-state index contributed by atoms with van der Waals surface area (Å²) in [5, 5.41) is 7.69. The van der Waals surface area contributed by atoms with Crippen molar-refractivity contribution < 1.29 is 0 Å². The second-order valence-electron chi connectivity index (χ2n) is 11.1. The molecule has 0 N–H and O–H groups in total. The van der Waals surface area contributed by atoms with Gasteiger partial charge in [-0.3, -0.25) is 0 Å². The maximum atomic E-state index is 2.41. The van der Waals surface area contributed by atoms with Crippen LogP contribution in [0.25, 0.3) is 71.3 Å². The van der Waals surface area contributed by atoms with Gasteiger partial charge in [-0.1, -0.05) is 126 Å². The summed E-state index contributed by atoms with van der Waals surface area (Å²) in [5.41, 5.74) is 11.3. The maximum Gasteiger partial charge on any atom is 0.0541 e. The molecule has 0 radical (unpaired) electrons. The molecule has 0 bridgehead atoms. The molecule has 41 heavy (non-hydrogen) atoms. The Kier molecular flexibility index (Phi) is 5.33. The first-order chi connectivity index (χ1) is 20.2. The molecule has 0 fully saturated rings. The summed E-state index contributed by atoms with van der Waals surface area (Å²) in [7, 11) is 0. The topological polar surface area (TPSA) is 4.93 Å². The van der Waals surface area contributed by atoms with Gasteiger partial charge in [-0.2, -0.15) is 0 Å². The third kappa shape index (κ3) is 3.70. The van der Waals surface area contributed by atoms with Crippen LogP contribution in [0.4, 0.5) is 0 Å². The van der Waals surface area contributed by atoms with E-state index in [1.165, 1.54) is 82.4 Å². The zero-order valence-electron chi connectivity index (χ0n) is 23.2. The average molecular weight is 524 g/mol. The Morgan fingerprint density at radius 3 is 1.32 bits per heavy atom. The molecule has 0 saturated heterocycles. The van der Waals surface area contributed by atoms with Gasteiger partial charge in [0.15, 0.2) is 0 Å². The highest BCUT2D eigenvalue weighted by molar-refractivity contribution is 6.21. The fraction of sp³-hybridized carbons (Fsp3) is 0.0500. The van der Waals surface area contributed by atoms with Crippen LogP contribution in [-0.2, 0) is 0 Å². The first-order valence-electron chi connectivity index (χ1n) is 14.3. The Balaban J connectivity index is 1.45. The molecule has 1 nitrogen and oxygen atoms in total. The Labute approximate surface area is 239 Å². The number of para-hydroxylation sites is 2. The zero-order valence-corrected chi connectivity index (χ0v) is 23.2. The molecule has 0 unspecified atom stereocenters. The van der Waals surface area contributed by atoms with Crippen molar-refractivity contribution in [3.05, 3.63) is 151 Å². The number of hydrogen-bond acceptors (Lipinski definition) is 0. The molecule has 0 aliphatic heterocycles. The van der Waals surface area contributed by atoms with Crippen LogP contribution >= 0.6 is 0 Å². The second kappa shape index (κ2) is 9.21. The highest BCUT2D eigenvalue weighted by Crippen LogP contribution is 2.44. The predicted molar refractivity (Wildman–Crippen MR) is 176 cm³/mol. The molecule has 0 spiro atoms.